The van der Waals surface area contributed by atoms with Crippen molar-refractivity contribution in [2.24, 2.45) is 5.41 Å². The highest BCUT2D eigenvalue weighted by Gasteiger charge is 2.32. The normalized spacial score (nSPS) is 15.6. The molecule has 1 aliphatic heterocycles. The van der Waals surface area contributed by atoms with Crippen molar-refractivity contribution >= 4 is 12.2 Å². The molecule has 6 nitrogen and oxygen atoms in total. The van der Waals surface area contributed by atoms with Crippen LogP contribution in [-0.2, 0) is 17.8 Å². The molecule has 0 fully saturated rings. The zero-order valence-corrected chi connectivity index (χ0v) is 12.4. The smallest absolute Gasteiger partial charge is 0.212 e. The van der Waals surface area contributed by atoms with Gasteiger partial charge < -0.3 is 10.1 Å². The van der Waals surface area contributed by atoms with Gasteiger partial charge in [0.15, 0.2) is 0 Å². The Morgan fingerprint density at radius 2 is 2.19 bits per heavy atom. The molecule has 1 aliphatic rings. The van der Waals surface area contributed by atoms with Gasteiger partial charge in [-0.2, -0.15) is 5.10 Å². The predicted molar refractivity (Wildman–Crippen MR) is 79.2 cm³/mol. The minimum atomic E-state index is 0.211. The monoisotopic (exact) mass is 286 g/mol. The average molecular weight is 286 g/mol. The molecule has 0 aromatic carbocycles. The summed E-state index contributed by atoms with van der Waals surface area (Å²) in [7, 11) is 1.61. The van der Waals surface area contributed by atoms with Crippen LogP contribution in [0.4, 0.5) is 5.82 Å². The Bertz CT molecular complexity index is 691. The lowest BCUT2D eigenvalue weighted by molar-refractivity contribution is -0.105. The van der Waals surface area contributed by atoms with Crippen molar-refractivity contribution in [1.29, 1.82) is 0 Å². The average Bonchev–Trinajstić information content (AvgIpc) is 2.94. The summed E-state index contributed by atoms with van der Waals surface area (Å²) in [5.74, 6) is 1.17. The molecule has 6 heteroatoms. The molecule has 0 aliphatic carbocycles. The molecule has 0 radical (unpaired) electrons. The van der Waals surface area contributed by atoms with Gasteiger partial charge in [-0.3, -0.25) is 9.48 Å². The lowest BCUT2D eigenvalue weighted by Crippen LogP contribution is -2.12. The second-order valence-corrected chi connectivity index (χ2v) is 6.04. The number of hydrogen-bond donors (Lipinski definition) is 1. The summed E-state index contributed by atoms with van der Waals surface area (Å²) in [6, 6.07) is 1.82. The van der Waals surface area contributed by atoms with E-state index in [1.165, 1.54) is 5.69 Å². The third-order valence-electron chi connectivity index (χ3n) is 3.76. The zero-order valence-electron chi connectivity index (χ0n) is 12.4. The summed E-state index contributed by atoms with van der Waals surface area (Å²) >= 11 is 0. The van der Waals surface area contributed by atoms with Gasteiger partial charge >= 0.3 is 0 Å². The largest absolute Gasteiger partial charge is 0.494 e. The van der Waals surface area contributed by atoms with E-state index in [0.29, 0.717) is 18.0 Å². The van der Waals surface area contributed by atoms with Crippen LogP contribution in [0.2, 0.25) is 0 Å². The standard InChI is InChI=1S/C15H18N4O2/c1-15(2)5-12-11(6-18-19(12)8-15)10-4-14(17-9-20)16-7-13(10)21-3/h4,6-7,9H,5,8H2,1-3H3,(H,16,17,20). The molecule has 0 atom stereocenters. The van der Waals surface area contributed by atoms with Crippen molar-refractivity contribution in [1.82, 2.24) is 14.8 Å². The van der Waals surface area contributed by atoms with E-state index in [2.05, 4.69) is 29.2 Å². The van der Waals surface area contributed by atoms with Crippen molar-refractivity contribution in [2.75, 3.05) is 12.4 Å². The van der Waals surface area contributed by atoms with Gasteiger partial charge in [0.1, 0.15) is 11.6 Å². The van der Waals surface area contributed by atoms with Crippen LogP contribution in [0.3, 0.4) is 0 Å². The number of fused-ring (bicyclic) bond motifs is 1. The number of methoxy groups -OCH3 is 1. The van der Waals surface area contributed by atoms with E-state index in [-0.39, 0.29) is 5.41 Å². The molecule has 2 aromatic heterocycles. The fraction of sp³-hybridized carbons (Fsp3) is 0.400. The maximum atomic E-state index is 10.6. The van der Waals surface area contributed by atoms with Crippen LogP contribution in [0.25, 0.3) is 11.1 Å². The lowest BCUT2D eigenvalue weighted by Gasteiger charge is -2.15. The van der Waals surface area contributed by atoms with Crippen LogP contribution in [0.1, 0.15) is 19.5 Å². The Hall–Kier alpha value is -2.37. The quantitative estimate of drug-likeness (QED) is 0.874. The highest BCUT2D eigenvalue weighted by Crippen LogP contribution is 2.40. The number of ether oxygens (including phenoxy) is 1. The minimum absolute atomic E-state index is 0.211. The van der Waals surface area contributed by atoms with Gasteiger partial charge in [0.05, 0.1) is 19.5 Å². The van der Waals surface area contributed by atoms with Gasteiger partial charge in [0.25, 0.3) is 0 Å². The Balaban J connectivity index is 2.09. The van der Waals surface area contributed by atoms with E-state index in [0.717, 1.165) is 24.1 Å². The number of hydrogen-bond acceptors (Lipinski definition) is 4. The van der Waals surface area contributed by atoms with Gasteiger partial charge in [-0.15, -0.1) is 0 Å². The highest BCUT2D eigenvalue weighted by molar-refractivity contribution is 5.78. The number of rotatable bonds is 4. The first kappa shape index (κ1) is 13.6. The molecule has 0 spiro atoms. The Morgan fingerprint density at radius 1 is 1.38 bits per heavy atom. The number of pyridine rings is 1. The first-order chi connectivity index (χ1) is 10.0. The van der Waals surface area contributed by atoms with E-state index in [1.54, 1.807) is 13.3 Å². The Kier molecular flexibility index (Phi) is 3.16. The minimum Gasteiger partial charge on any atom is -0.494 e. The van der Waals surface area contributed by atoms with Gasteiger partial charge in [-0.1, -0.05) is 13.8 Å². The first-order valence-electron chi connectivity index (χ1n) is 6.83. The third kappa shape index (κ3) is 2.37. The number of amides is 1. The van der Waals surface area contributed by atoms with Crippen LogP contribution < -0.4 is 10.1 Å². The summed E-state index contributed by atoms with van der Waals surface area (Å²) in [5.41, 5.74) is 3.34. The van der Waals surface area contributed by atoms with E-state index in [1.807, 2.05) is 16.9 Å². The second kappa shape index (κ2) is 4.87. The molecule has 0 saturated heterocycles. The van der Waals surface area contributed by atoms with Gasteiger partial charge in [0, 0.05) is 23.4 Å². The number of anilines is 1. The molecular formula is C15H18N4O2. The molecule has 3 rings (SSSR count). The highest BCUT2D eigenvalue weighted by atomic mass is 16.5. The Morgan fingerprint density at radius 3 is 2.90 bits per heavy atom. The lowest BCUT2D eigenvalue weighted by atomic mass is 9.89. The van der Waals surface area contributed by atoms with Gasteiger partial charge in [0.2, 0.25) is 6.41 Å². The van der Waals surface area contributed by atoms with Crippen LogP contribution in [-0.4, -0.2) is 28.3 Å². The second-order valence-electron chi connectivity index (χ2n) is 6.04. The van der Waals surface area contributed by atoms with Crippen molar-refractivity contribution in [3.05, 3.63) is 24.2 Å². The topological polar surface area (TPSA) is 69.0 Å². The van der Waals surface area contributed by atoms with Gasteiger partial charge in [-0.05, 0) is 17.9 Å². The molecular weight excluding hydrogens is 268 g/mol. The van der Waals surface area contributed by atoms with Crippen molar-refractivity contribution in [3.8, 4) is 16.9 Å². The molecule has 3 heterocycles. The number of carbonyl (C=O) groups is 1. The summed E-state index contributed by atoms with van der Waals surface area (Å²) in [6.07, 6.45) is 5.05. The summed E-state index contributed by atoms with van der Waals surface area (Å²) in [6.45, 7) is 5.37. The van der Waals surface area contributed by atoms with Crippen LogP contribution in [0.15, 0.2) is 18.5 Å². The number of aromatic nitrogens is 3. The van der Waals surface area contributed by atoms with E-state index in [4.69, 9.17) is 4.74 Å². The summed E-state index contributed by atoms with van der Waals surface area (Å²) < 4.78 is 7.44. The van der Waals surface area contributed by atoms with E-state index in [9.17, 15) is 4.79 Å². The third-order valence-corrected chi connectivity index (χ3v) is 3.76. The molecule has 21 heavy (non-hydrogen) atoms. The molecule has 0 unspecified atom stereocenters. The maximum Gasteiger partial charge on any atom is 0.212 e. The van der Waals surface area contributed by atoms with Gasteiger partial charge in [-0.25, -0.2) is 4.98 Å². The van der Waals surface area contributed by atoms with Crippen molar-refractivity contribution < 1.29 is 9.53 Å². The fourth-order valence-electron chi connectivity index (χ4n) is 2.83. The van der Waals surface area contributed by atoms with E-state index >= 15 is 0 Å². The van der Waals surface area contributed by atoms with E-state index < -0.39 is 0 Å². The Labute approximate surface area is 123 Å². The van der Waals surface area contributed by atoms with Crippen molar-refractivity contribution in [2.45, 2.75) is 26.8 Å². The fourth-order valence-corrected chi connectivity index (χ4v) is 2.83. The van der Waals surface area contributed by atoms with Crippen LogP contribution >= 0.6 is 0 Å². The van der Waals surface area contributed by atoms with Crippen molar-refractivity contribution in [3.63, 3.8) is 0 Å². The summed E-state index contributed by atoms with van der Waals surface area (Å²) in [4.78, 5) is 14.7. The maximum absolute atomic E-state index is 10.6. The molecule has 0 bridgehead atoms. The number of nitrogens with zero attached hydrogens (tertiary/aromatic N) is 3. The summed E-state index contributed by atoms with van der Waals surface area (Å²) in [5, 5.41) is 7.04. The molecule has 110 valence electrons. The number of carbonyl (C=O) groups excluding carboxylic acids is 1. The molecule has 1 amide bonds. The SMILES string of the molecule is COc1cnc(NC=O)cc1-c1cnn2c1CC(C)(C)C2. The first-order valence-corrected chi connectivity index (χ1v) is 6.83. The molecule has 2 aromatic rings. The zero-order chi connectivity index (χ0) is 15.0. The molecule has 1 N–H and O–H groups in total. The van der Waals surface area contributed by atoms with Crippen LogP contribution in [0, 0.1) is 5.41 Å². The molecule has 0 saturated carbocycles. The predicted octanol–water partition coefficient (Wildman–Crippen LogP) is 2.10. The number of nitrogens with one attached hydrogen (secondary N) is 1. The van der Waals surface area contributed by atoms with Crippen LogP contribution in [0.5, 0.6) is 5.75 Å².